The van der Waals surface area contributed by atoms with Crippen LogP contribution in [0.5, 0.6) is 0 Å². The topological polar surface area (TPSA) is 46.4 Å². The maximum Gasteiger partial charge on any atom is 0.225 e. The first kappa shape index (κ1) is 14.7. The molecule has 0 aromatic carbocycles. The molecule has 5 rings (SSSR count). The molecule has 0 radical (unpaired) electrons. The summed E-state index contributed by atoms with van der Waals surface area (Å²) in [6.45, 7) is 6.73. The summed E-state index contributed by atoms with van der Waals surface area (Å²) in [5.74, 6) is 3.09. The normalized spacial score (nSPS) is 28.4. The zero-order valence-electron chi connectivity index (χ0n) is 14.2. The third-order valence-electron chi connectivity index (χ3n) is 6.33. The molecule has 122 valence electrons. The molecule has 23 heavy (non-hydrogen) atoms. The zero-order chi connectivity index (χ0) is 16.2. The Morgan fingerprint density at radius 1 is 1.39 bits per heavy atom. The first-order valence-corrected chi connectivity index (χ1v) is 8.69. The Hall–Kier alpha value is -1.84. The summed E-state index contributed by atoms with van der Waals surface area (Å²) in [4.78, 5) is 17.0. The average Bonchev–Trinajstić information content (AvgIpc) is 2.88. The number of fused-ring (bicyclic) bond motifs is 3. The van der Waals surface area contributed by atoms with Crippen LogP contribution < -0.4 is 5.32 Å². The molecule has 3 fully saturated rings. The Morgan fingerprint density at radius 2 is 2.22 bits per heavy atom. The third-order valence-corrected chi connectivity index (χ3v) is 6.33. The highest BCUT2D eigenvalue weighted by Crippen LogP contribution is 2.61. The summed E-state index contributed by atoms with van der Waals surface area (Å²) < 4.78 is 1.96. The second-order valence-electron chi connectivity index (χ2n) is 7.97. The molecule has 2 aromatic rings. The number of hydrogen-bond acceptors (Lipinski definition) is 2. The third kappa shape index (κ3) is 2.35. The number of amides is 1. The molecule has 3 aliphatic rings. The van der Waals surface area contributed by atoms with Crippen LogP contribution in [0.4, 0.5) is 5.82 Å². The van der Waals surface area contributed by atoms with Crippen molar-refractivity contribution in [2.24, 2.45) is 23.2 Å². The monoisotopic (exact) mass is 311 g/mol. The number of carbonyl (C=O) groups excluding carboxylic acids is 1. The largest absolute Gasteiger partial charge is 0.312 e. The number of carbonyl (C=O) groups is 1. The summed E-state index contributed by atoms with van der Waals surface area (Å²) in [5.41, 5.74) is 2.27. The van der Waals surface area contributed by atoms with Crippen LogP contribution in [0.25, 0.3) is 5.65 Å². The SMILES string of the molecule is Cc1cn2c(NC(=O)C[C@H]3CC[C@@H]4C[C@H]3C4(C)C)cccc2n1. The predicted octanol–water partition coefficient (Wildman–Crippen LogP) is 4.04. The summed E-state index contributed by atoms with van der Waals surface area (Å²) >= 11 is 0. The van der Waals surface area contributed by atoms with Crippen molar-refractivity contribution < 1.29 is 4.79 Å². The Balaban J connectivity index is 1.47. The van der Waals surface area contributed by atoms with Gasteiger partial charge in [0.15, 0.2) is 0 Å². The van der Waals surface area contributed by atoms with Gasteiger partial charge in [-0.15, -0.1) is 0 Å². The lowest BCUT2D eigenvalue weighted by Gasteiger charge is -2.60. The van der Waals surface area contributed by atoms with E-state index in [2.05, 4.69) is 24.1 Å². The number of rotatable bonds is 3. The van der Waals surface area contributed by atoms with Crippen molar-refractivity contribution >= 4 is 17.4 Å². The van der Waals surface area contributed by atoms with E-state index in [-0.39, 0.29) is 5.91 Å². The molecular weight excluding hydrogens is 286 g/mol. The molecule has 0 unspecified atom stereocenters. The van der Waals surface area contributed by atoms with E-state index in [1.54, 1.807) is 0 Å². The van der Waals surface area contributed by atoms with Crippen molar-refractivity contribution in [2.75, 3.05) is 5.32 Å². The minimum absolute atomic E-state index is 0.134. The van der Waals surface area contributed by atoms with E-state index in [0.717, 1.165) is 29.0 Å². The molecule has 0 spiro atoms. The zero-order valence-corrected chi connectivity index (χ0v) is 14.2. The van der Waals surface area contributed by atoms with Crippen molar-refractivity contribution in [2.45, 2.75) is 46.5 Å². The molecule has 1 N–H and O–H groups in total. The number of anilines is 1. The molecule has 3 atom stereocenters. The van der Waals surface area contributed by atoms with Crippen LogP contribution in [0, 0.1) is 30.1 Å². The van der Waals surface area contributed by atoms with Crippen LogP contribution in [0.3, 0.4) is 0 Å². The van der Waals surface area contributed by atoms with Crippen molar-refractivity contribution in [3.05, 3.63) is 30.1 Å². The first-order valence-electron chi connectivity index (χ1n) is 8.69. The average molecular weight is 311 g/mol. The van der Waals surface area contributed by atoms with E-state index in [4.69, 9.17) is 0 Å². The van der Waals surface area contributed by atoms with Gasteiger partial charge in [-0.1, -0.05) is 19.9 Å². The maximum absolute atomic E-state index is 12.6. The smallest absolute Gasteiger partial charge is 0.225 e. The van der Waals surface area contributed by atoms with Crippen LogP contribution in [0.2, 0.25) is 0 Å². The summed E-state index contributed by atoms with van der Waals surface area (Å²) in [7, 11) is 0. The summed E-state index contributed by atoms with van der Waals surface area (Å²) in [6.07, 6.45) is 6.43. The molecule has 0 saturated heterocycles. The van der Waals surface area contributed by atoms with Gasteiger partial charge < -0.3 is 5.32 Å². The van der Waals surface area contributed by atoms with E-state index < -0.39 is 0 Å². The fraction of sp³-hybridized carbons (Fsp3) is 0.579. The molecular formula is C19H25N3O. The highest BCUT2D eigenvalue weighted by Gasteiger charge is 2.54. The second-order valence-corrected chi connectivity index (χ2v) is 7.97. The molecule has 1 amide bonds. The van der Waals surface area contributed by atoms with Crippen LogP contribution in [-0.4, -0.2) is 15.3 Å². The van der Waals surface area contributed by atoms with Gasteiger partial charge in [0, 0.05) is 12.6 Å². The van der Waals surface area contributed by atoms with Gasteiger partial charge in [-0.05, 0) is 61.5 Å². The number of nitrogens with one attached hydrogen (secondary N) is 1. The molecule has 2 bridgehead atoms. The number of aromatic nitrogens is 2. The standard InChI is InChI=1S/C19H25N3O/c1-12-11-22-16(20-12)5-4-6-17(22)21-18(23)9-13-7-8-14-10-15(13)19(14,2)3/h4-6,11,13-15H,7-10H2,1-3H3,(H,21,23)/t13-,14-,15-/m1/s1. The highest BCUT2D eigenvalue weighted by molar-refractivity contribution is 5.90. The van der Waals surface area contributed by atoms with Gasteiger partial charge >= 0.3 is 0 Å². The van der Waals surface area contributed by atoms with Gasteiger partial charge in [-0.25, -0.2) is 4.98 Å². The highest BCUT2D eigenvalue weighted by atomic mass is 16.1. The number of aryl methyl sites for hydroxylation is 1. The van der Waals surface area contributed by atoms with E-state index in [0.29, 0.717) is 17.8 Å². The Labute approximate surface area is 137 Å². The fourth-order valence-electron chi connectivity index (χ4n) is 4.87. The van der Waals surface area contributed by atoms with E-state index >= 15 is 0 Å². The van der Waals surface area contributed by atoms with E-state index in [1.807, 2.05) is 35.7 Å². The number of imidazole rings is 1. The number of hydrogen-bond donors (Lipinski definition) is 1. The van der Waals surface area contributed by atoms with Gasteiger partial charge in [0.05, 0.1) is 5.69 Å². The summed E-state index contributed by atoms with van der Waals surface area (Å²) in [5, 5.41) is 3.09. The molecule has 2 heterocycles. The van der Waals surface area contributed by atoms with Crippen molar-refractivity contribution in [1.29, 1.82) is 0 Å². The van der Waals surface area contributed by atoms with Crippen molar-refractivity contribution in [3.8, 4) is 0 Å². The Kier molecular flexibility index (Phi) is 3.26. The van der Waals surface area contributed by atoms with Gasteiger partial charge in [0.1, 0.15) is 11.5 Å². The van der Waals surface area contributed by atoms with Crippen molar-refractivity contribution in [1.82, 2.24) is 9.38 Å². The minimum Gasteiger partial charge on any atom is -0.312 e. The Bertz CT molecular complexity index is 759. The fourth-order valence-corrected chi connectivity index (χ4v) is 4.87. The lowest BCUT2D eigenvalue weighted by Crippen LogP contribution is -2.52. The molecule has 2 aromatic heterocycles. The van der Waals surface area contributed by atoms with Crippen molar-refractivity contribution in [3.63, 3.8) is 0 Å². The minimum atomic E-state index is 0.134. The van der Waals surface area contributed by atoms with Crippen LogP contribution in [0.15, 0.2) is 24.4 Å². The second kappa shape index (κ2) is 5.08. The molecule has 3 aliphatic carbocycles. The number of pyridine rings is 1. The summed E-state index contributed by atoms with van der Waals surface area (Å²) in [6, 6.07) is 5.84. The quantitative estimate of drug-likeness (QED) is 0.929. The Morgan fingerprint density at radius 3 is 2.96 bits per heavy atom. The van der Waals surface area contributed by atoms with Crippen LogP contribution in [0.1, 0.15) is 45.2 Å². The number of nitrogens with zero attached hydrogens (tertiary/aromatic N) is 2. The lowest BCUT2D eigenvalue weighted by molar-refractivity contribution is -0.128. The van der Waals surface area contributed by atoms with E-state index in [9.17, 15) is 4.79 Å². The predicted molar refractivity (Wildman–Crippen MR) is 91.3 cm³/mol. The van der Waals surface area contributed by atoms with Gasteiger partial charge in [0.25, 0.3) is 0 Å². The van der Waals surface area contributed by atoms with Gasteiger partial charge in [0.2, 0.25) is 5.91 Å². The van der Waals surface area contributed by atoms with Gasteiger partial charge in [-0.2, -0.15) is 0 Å². The lowest BCUT2D eigenvalue weighted by atomic mass is 9.45. The van der Waals surface area contributed by atoms with Crippen LogP contribution >= 0.6 is 0 Å². The molecule has 4 nitrogen and oxygen atoms in total. The van der Waals surface area contributed by atoms with E-state index in [1.165, 1.54) is 19.3 Å². The molecule has 4 heteroatoms. The molecule has 0 aliphatic heterocycles. The first-order chi connectivity index (χ1) is 10.9. The molecule has 3 saturated carbocycles. The van der Waals surface area contributed by atoms with Gasteiger partial charge in [-0.3, -0.25) is 9.20 Å². The van der Waals surface area contributed by atoms with Crippen LogP contribution in [-0.2, 0) is 4.79 Å². The maximum atomic E-state index is 12.6.